The monoisotopic (exact) mass is 330 g/mol. The third-order valence-corrected chi connectivity index (χ3v) is 7.05. The van der Waals surface area contributed by atoms with E-state index in [1.807, 2.05) is 6.92 Å². The number of carboxylic acid groups (broad SMARTS) is 1. The summed E-state index contributed by atoms with van der Waals surface area (Å²) < 4.78 is 5.63. The number of benzene rings is 1. The molecule has 1 unspecified atom stereocenters. The fourth-order valence-electron chi connectivity index (χ4n) is 5.24. The largest absolute Gasteiger partial charge is 0.481 e. The number of hydrogen-bond donors (Lipinski definition) is 1. The Morgan fingerprint density at radius 2 is 2.00 bits per heavy atom. The topological polar surface area (TPSA) is 46.5 Å². The zero-order valence-corrected chi connectivity index (χ0v) is 15.6. The number of fused-ring (bicyclic) bond motifs is 3. The Morgan fingerprint density at radius 3 is 2.62 bits per heavy atom. The second-order valence-electron chi connectivity index (χ2n) is 8.67. The average Bonchev–Trinajstić information content (AvgIpc) is 2.54. The van der Waals surface area contributed by atoms with E-state index in [1.165, 1.54) is 16.7 Å². The Morgan fingerprint density at radius 1 is 1.29 bits per heavy atom. The maximum absolute atomic E-state index is 12.0. The predicted molar refractivity (Wildman–Crippen MR) is 95.2 cm³/mol. The average molecular weight is 330 g/mol. The Kier molecular flexibility index (Phi) is 4.07. The summed E-state index contributed by atoms with van der Waals surface area (Å²) in [4.78, 5) is 12.0. The lowest BCUT2D eigenvalue weighted by molar-refractivity contribution is -0.157. The fraction of sp³-hybridized carbons (Fsp3) is 0.667. The molecular formula is C21H30O3. The van der Waals surface area contributed by atoms with Crippen molar-refractivity contribution in [2.45, 2.75) is 70.8 Å². The second kappa shape index (κ2) is 5.59. The van der Waals surface area contributed by atoms with E-state index in [9.17, 15) is 9.90 Å². The van der Waals surface area contributed by atoms with Gasteiger partial charge in [-0.25, -0.2) is 0 Å². The first kappa shape index (κ1) is 17.5. The van der Waals surface area contributed by atoms with Crippen LogP contribution in [0.15, 0.2) is 18.2 Å². The standard InChI is InChI=1S/C21H30O3/c1-19(2,24-5)15-8-9-16-14(13-15)7-10-17-20(16,3)11-6-12-21(17,4)18(22)23/h8-9,13,17H,6-7,10-12H2,1-5H3,(H,22,23)/t17?,20-,21-/m1/s1. The number of ether oxygens (including phenoxy) is 1. The molecule has 1 aromatic rings. The summed E-state index contributed by atoms with van der Waals surface area (Å²) in [5, 5.41) is 9.87. The number of carbonyl (C=O) groups is 1. The zero-order chi connectivity index (χ0) is 17.8. The van der Waals surface area contributed by atoms with E-state index in [0.29, 0.717) is 0 Å². The molecular weight excluding hydrogens is 300 g/mol. The summed E-state index contributed by atoms with van der Waals surface area (Å²) in [5.74, 6) is -0.413. The Bertz CT molecular complexity index is 663. The number of aryl methyl sites for hydroxylation is 1. The summed E-state index contributed by atoms with van der Waals surface area (Å²) in [5.41, 5.74) is 3.01. The van der Waals surface area contributed by atoms with Crippen molar-refractivity contribution in [1.82, 2.24) is 0 Å². The van der Waals surface area contributed by atoms with E-state index >= 15 is 0 Å². The van der Waals surface area contributed by atoms with Gasteiger partial charge < -0.3 is 9.84 Å². The SMILES string of the molecule is COC(C)(C)c1ccc2c(c1)CCC1[C@](C)(C(=O)O)CCC[C@]21C. The molecule has 3 nitrogen and oxygen atoms in total. The molecule has 132 valence electrons. The molecule has 1 aromatic carbocycles. The van der Waals surface area contributed by atoms with Gasteiger partial charge in [-0.1, -0.05) is 31.5 Å². The highest BCUT2D eigenvalue weighted by molar-refractivity contribution is 5.75. The minimum absolute atomic E-state index is 0.0330. The van der Waals surface area contributed by atoms with Crippen molar-refractivity contribution in [2.24, 2.45) is 11.3 Å². The van der Waals surface area contributed by atoms with E-state index < -0.39 is 11.4 Å². The van der Waals surface area contributed by atoms with Crippen molar-refractivity contribution < 1.29 is 14.6 Å². The lowest BCUT2D eigenvalue weighted by Crippen LogP contribution is -2.52. The van der Waals surface area contributed by atoms with E-state index in [2.05, 4.69) is 39.0 Å². The first-order valence-electron chi connectivity index (χ1n) is 9.07. The van der Waals surface area contributed by atoms with Gasteiger partial charge in [-0.3, -0.25) is 4.79 Å². The summed E-state index contributed by atoms with van der Waals surface area (Å²) in [6.07, 6.45) is 4.79. The highest BCUT2D eigenvalue weighted by atomic mass is 16.5. The van der Waals surface area contributed by atoms with Crippen LogP contribution in [0.25, 0.3) is 0 Å². The van der Waals surface area contributed by atoms with E-state index in [4.69, 9.17) is 4.74 Å². The molecule has 0 bridgehead atoms. The number of aliphatic carboxylic acids is 1. The second-order valence-corrected chi connectivity index (χ2v) is 8.67. The van der Waals surface area contributed by atoms with Crippen molar-refractivity contribution >= 4 is 5.97 Å². The molecule has 0 aromatic heterocycles. The molecule has 3 rings (SSSR count). The number of carboxylic acids is 1. The van der Waals surface area contributed by atoms with Gasteiger partial charge in [0.05, 0.1) is 11.0 Å². The molecule has 2 aliphatic rings. The summed E-state index contributed by atoms with van der Waals surface area (Å²) in [6.45, 7) is 8.43. The van der Waals surface area contributed by atoms with Gasteiger partial charge in [-0.15, -0.1) is 0 Å². The highest BCUT2D eigenvalue weighted by Gasteiger charge is 2.55. The summed E-state index contributed by atoms with van der Waals surface area (Å²) in [6, 6.07) is 6.70. The van der Waals surface area contributed by atoms with Gasteiger partial charge in [0.2, 0.25) is 0 Å². The van der Waals surface area contributed by atoms with Crippen molar-refractivity contribution in [3.05, 3.63) is 34.9 Å². The zero-order valence-electron chi connectivity index (χ0n) is 15.6. The molecule has 1 N–H and O–H groups in total. The van der Waals surface area contributed by atoms with Crippen LogP contribution in [0.3, 0.4) is 0 Å². The maximum atomic E-state index is 12.0. The van der Waals surface area contributed by atoms with E-state index in [0.717, 1.165) is 32.1 Å². The summed E-state index contributed by atoms with van der Waals surface area (Å²) in [7, 11) is 1.75. The van der Waals surface area contributed by atoms with Crippen LogP contribution in [-0.2, 0) is 27.0 Å². The highest BCUT2D eigenvalue weighted by Crippen LogP contribution is 2.57. The third-order valence-electron chi connectivity index (χ3n) is 7.05. The number of rotatable bonds is 3. The van der Waals surface area contributed by atoms with Crippen LogP contribution >= 0.6 is 0 Å². The molecule has 3 atom stereocenters. The van der Waals surface area contributed by atoms with Crippen molar-refractivity contribution in [3.8, 4) is 0 Å². The van der Waals surface area contributed by atoms with Crippen LogP contribution in [0, 0.1) is 11.3 Å². The number of hydrogen-bond acceptors (Lipinski definition) is 2. The minimum atomic E-state index is -0.626. The van der Waals surface area contributed by atoms with Gasteiger partial charge >= 0.3 is 5.97 Å². The van der Waals surface area contributed by atoms with Crippen LogP contribution < -0.4 is 0 Å². The van der Waals surface area contributed by atoms with Crippen LogP contribution in [-0.4, -0.2) is 18.2 Å². The molecule has 24 heavy (non-hydrogen) atoms. The van der Waals surface area contributed by atoms with Gasteiger partial charge in [0.1, 0.15) is 0 Å². The first-order valence-corrected chi connectivity index (χ1v) is 9.07. The Hall–Kier alpha value is -1.35. The van der Waals surface area contributed by atoms with Crippen molar-refractivity contribution in [3.63, 3.8) is 0 Å². The van der Waals surface area contributed by atoms with Crippen molar-refractivity contribution in [1.29, 1.82) is 0 Å². The third kappa shape index (κ3) is 2.40. The van der Waals surface area contributed by atoms with Crippen LogP contribution in [0.4, 0.5) is 0 Å². The predicted octanol–water partition coefficient (Wildman–Crippen LogP) is 4.66. The molecule has 2 aliphatic carbocycles. The normalized spacial score (nSPS) is 32.8. The van der Waals surface area contributed by atoms with E-state index in [-0.39, 0.29) is 16.9 Å². The van der Waals surface area contributed by atoms with Gasteiger partial charge in [0.25, 0.3) is 0 Å². The molecule has 0 aliphatic heterocycles. The van der Waals surface area contributed by atoms with Crippen LogP contribution in [0.1, 0.15) is 70.1 Å². The lowest BCUT2D eigenvalue weighted by atomic mass is 9.50. The van der Waals surface area contributed by atoms with E-state index in [1.54, 1.807) is 7.11 Å². The van der Waals surface area contributed by atoms with Gasteiger partial charge in [-0.05, 0) is 74.5 Å². The molecule has 0 spiro atoms. The number of methoxy groups -OCH3 is 1. The van der Waals surface area contributed by atoms with Gasteiger partial charge in [0, 0.05) is 7.11 Å². The molecule has 1 saturated carbocycles. The van der Waals surface area contributed by atoms with Crippen LogP contribution in [0.2, 0.25) is 0 Å². The van der Waals surface area contributed by atoms with Gasteiger partial charge in [0.15, 0.2) is 0 Å². The first-order chi connectivity index (χ1) is 11.1. The molecule has 0 heterocycles. The maximum Gasteiger partial charge on any atom is 0.309 e. The lowest BCUT2D eigenvalue weighted by Gasteiger charge is -2.53. The smallest absolute Gasteiger partial charge is 0.309 e. The molecule has 0 saturated heterocycles. The minimum Gasteiger partial charge on any atom is -0.481 e. The molecule has 3 heteroatoms. The van der Waals surface area contributed by atoms with Crippen LogP contribution in [0.5, 0.6) is 0 Å². The quantitative estimate of drug-likeness (QED) is 0.876. The molecule has 0 amide bonds. The molecule has 1 fully saturated rings. The van der Waals surface area contributed by atoms with Crippen molar-refractivity contribution in [2.75, 3.05) is 7.11 Å². The van der Waals surface area contributed by atoms with Gasteiger partial charge in [-0.2, -0.15) is 0 Å². The summed E-state index contributed by atoms with van der Waals surface area (Å²) >= 11 is 0. The Labute approximate surface area is 145 Å². The fourth-order valence-corrected chi connectivity index (χ4v) is 5.24. The Balaban J connectivity index is 2.06. The molecule has 0 radical (unpaired) electrons.